The zero-order valence-corrected chi connectivity index (χ0v) is 13.6. The number of amides is 1. The molecule has 2 rings (SSSR count). The molecule has 0 saturated carbocycles. The second-order valence-corrected chi connectivity index (χ2v) is 6.71. The lowest BCUT2D eigenvalue weighted by molar-refractivity contribution is 0.0204. The maximum Gasteiger partial charge on any atom is 0.410 e. The Hall–Kier alpha value is -1.10. The van der Waals surface area contributed by atoms with Crippen molar-refractivity contribution in [2.75, 3.05) is 13.1 Å². The number of pyridine rings is 1. The van der Waals surface area contributed by atoms with E-state index in [4.69, 9.17) is 8.85 Å². The molecule has 0 aliphatic carbocycles. The molecule has 0 bridgehead atoms. The number of halogens is 1. The van der Waals surface area contributed by atoms with Crippen molar-refractivity contribution in [2.45, 2.75) is 45.1 Å². The highest BCUT2D eigenvalue weighted by atomic mass is 79.9. The molecule has 0 unspecified atom stereocenters. The van der Waals surface area contributed by atoms with Gasteiger partial charge in [-0.15, -0.1) is 0 Å². The van der Waals surface area contributed by atoms with Crippen LogP contribution in [0.1, 0.15) is 49.3 Å². The van der Waals surface area contributed by atoms with Gasteiger partial charge >= 0.3 is 6.09 Å². The first kappa shape index (κ1) is 11.5. The number of ether oxygens (including phenoxy) is 1. The van der Waals surface area contributed by atoms with Gasteiger partial charge in [0.15, 0.2) is 0 Å². The Morgan fingerprint density at radius 1 is 1.50 bits per heavy atom. The first-order valence-corrected chi connectivity index (χ1v) is 7.50. The number of piperidine rings is 1. The maximum absolute atomic E-state index is 12.1. The summed E-state index contributed by atoms with van der Waals surface area (Å²) in [5.74, 6) is 0.0159. The molecule has 1 aromatic heterocycles. The molecule has 110 valence electrons. The molecule has 1 aromatic rings. The van der Waals surface area contributed by atoms with Crippen molar-refractivity contribution in [2.24, 2.45) is 0 Å². The number of likely N-dealkylation sites (tertiary alicyclic amines) is 1. The average molecular weight is 344 g/mol. The molecule has 0 radical (unpaired) electrons. The van der Waals surface area contributed by atoms with Gasteiger partial charge in [-0.3, -0.25) is 4.98 Å². The largest absolute Gasteiger partial charge is 0.444 e. The van der Waals surface area contributed by atoms with E-state index >= 15 is 0 Å². The molecule has 0 spiro atoms. The van der Waals surface area contributed by atoms with Gasteiger partial charge in [0.2, 0.25) is 0 Å². The number of nitrogens with zero attached hydrogens (tertiary/aromatic N) is 2. The minimum absolute atomic E-state index is 0.0159. The van der Waals surface area contributed by atoms with Crippen LogP contribution < -0.4 is 0 Å². The third-order valence-corrected chi connectivity index (χ3v) is 3.51. The van der Waals surface area contributed by atoms with E-state index in [1.165, 1.54) is 0 Å². The molecule has 5 heteroatoms. The van der Waals surface area contributed by atoms with Crippen LogP contribution in [0.3, 0.4) is 0 Å². The number of hydrogen-bond acceptors (Lipinski definition) is 3. The van der Waals surface area contributed by atoms with E-state index in [1.807, 2.05) is 20.8 Å². The molecule has 1 saturated heterocycles. The summed E-state index contributed by atoms with van der Waals surface area (Å²) < 4.78 is 29.2. The summed E-state index contributed by atoms with van der Waals surface area (Å²) in [4.78, 5) is 17.8. The number of hydrogen-bond donors (Lipinski definition) is 0. The zero-order chi connectivity index (χ0) is 17.4. The van der Waals surface area contributed by atoms with Crippen molar-refractivity contribution in [3.05, 3.63) is 28.4 Å². The van der Waals surface area contributed by atoms with Crippen molar-refractivity contribution in [1.82, 2.24) is 9.88 Å². The Kier molecular flexibility index (Phi) is 3.53. The van der Waals surface area contributed by atoms with E-state index in [0.29, 0.717) is 36.1 Å². The van der Waals surface area contributed by atoms with E-state index in [1.54, 1.807) is 4.90 Å². The Morgan fingerprint density at radius 2 is 2.15 bits per heavy atom. The minimum Gasteiger partial charge on any atom is -0.444 e. The summed E-state index contributed by atoms with van der Waals surface area (Å²) in [6, 6.07) is 0.103. The van der Waals surface area contributed by atoms with Crippen LogP contribution in [-0.4, -0.2) is 34.7 Å². The molecule has 0 N–H and O–H groups in total. The van der Waals surface area contributed by atoms with Gasteiger partial charge in [0, 0.05) is 35.3 Å². The first-order chi connectivity index (χ1) is 10.6. The predicted octanol–water partition coefficient (Wildman–Crippen LogP) is 3.96. The summed E-state index contributed by atoms with van der Waals surface area (Å²) in [7, 11) is 0. The first-order valence-electron chi connectivity index (χ1n) is 8.21. The topological polar surface area (TPSA) is 42.4 Å². The van der Waals surface area contributed by atoms with Gasteiger partial charge in [-0.25, -0.2) is 4.79 Å². The summed E-state index contributed by atoms with van der Waals surface area (Å²) in [6.07, 6.45) is 0.888. The molecule has 0 aromatic carbocycles. The third kappa shape index (κ3) is 4.20. The molecule has 1 amide bonds. The molecule has 2 heterocycles. The fourth-order valence-electron chi connectivity index (χ4n) is 2.16. The fraction of sp³-hybridized carbons (Fsp3) is 0.600. The van der Waals surface area contributed by atoms with E-state index < -0.39 is 5.60 Å². The lowest BCUT2D eigenvalue weighted by atomic mass is 9.93. The van der Waals surface area contributed by atoms with Crippen molar-refractivity contribution < 1.29 is 13.6 Å². The Morgan fingerprint density at radius 3 is 2.75 bits per heavy atom. The van der Waals surface area contributed by atoms with Crippen molar-refractivity contribution in [3.8, 4) is 0 Å². The predicted molar refractivity (Wildman–Crippen MR) is 81.7 cm³/mol. The number of carbonyl (C=O) groups excluding carboxylic acids is 1. The zero-order valence-electron chi connectivity index (χ0n) is 15.0. The molecule has 1 aliphatic rings. The van der Waals surface area contributed by atoms with Gasteiger partial charge in [-0.05, 0) is 45.7 Å². The van der Waals surface area contributed by atoms with Crippen LogP contribution in [-0.2, 0) is 4.74 Å². The standard InChI is InChI=1S/C15H21BrN2O2/c1-15(2,3)20-14(19)18-8-5-11(6-9-18)13-10-12(16)4-7-17-13/h4,7,10-11H,5-6,8-9H2,1-3H3/i4D,7D,10D. The van der Waals surface area contributed by atoms with E-state index in [0.717, 1.165) is 0 Å². The van der Waals surface area contributed by atoms with E-state index in [9.17, 15) is 4.79 Å². The van der Waals surface area contributed by atoms with Gasteiger partial charge in [0.05, 0.1) is 4.11 Å². The van der Waals surface area contributed by atoms with Crippen LogP contribution in [0.4, 0.5) is 4.79 Å². The number of rotatable bonds is 1. The van der Waals surface area contributed by atoms with Gasteiger partial charge in [-0.1, -0.05) is 15.9 Å². The maximum atomic E-state index is 12.1. The second kappa shape index (κ2) is 6.12. The average Bonchev–Trinajstić information content (AvgIpc) is 2.47. The quantitative estimate of drug-likeness (QED) is 0.774. The Bertz CT molecular complexity index is 612. The fourth-order valence-corrected chi connectivity index (χ4v) is 2.46. The third-order valence-electron chi connectivity index (χ3n) is 3.11. The summed E-state index contributed by atoms with van der Waals surface area (Å²) in [6.45, 7) is 6.58. The molecule has 0 atom stereocenters. The molecule has 20 heavy (non-hydrogen) atoms. The second-order valence-electron chi connectivity index (χ2n) is 5.91. The van der Waals surface area contributed by atoms with Crippen LogP contribution in [0, 0.1) is 0 Å². The van der Waals surface area contributed by atoms with Gasteiger partial charge < -0.3 is 9.64 Å². The van der Waals surface area contributed by atoms with Crippen LogP contribution in [0.15, 0.2) is 22.7 Å². The lowest BCUT2D eigenvalue weighted by Gasteiger charge is -2.33. The Labute approximate surface area is 132 Å². The highest BCUT2D eigenvalue weighted by molar-refractivity contribution is 9.10. The van der Waals surface area contributed by atoms with Crippen LogP contribution >= 0.6 is 15.9 Å². The lowest BCUT2D eigenvalue weighted by Crippen LogP contribution is -2.41. The molecule has 4 nitrogen and oxygen atoms in total. The smallest absolute Gasteiger partial charge is 0.410 e. The highest BCUT2D eigenvalue weighted by Gasteiger charge is 2.27. The van der Waals surface area contributed by atoms with E-state index in [2.05, 4.69) is 20.9 Å². The van der Waals surface area contributed by atoms with Crippen LogP contribution in [0.25, 0.3) is 0 Å². The summed E-state index contributed by atoms with van der Waals surface area (Å²) in [5, 5.41) is 0. The van der Waals surface area contributed by atoms with Gasteiger partial charge in [0.1, 0.15) is 5.60 Å². The van der Waals surface area contributed by atoms with Crippen molar-refractivity contribution >= 4 is 22.0 Å². The SMILES string of the molecule is [2H]c1nc(C2CCN(C(=O)OC(C)(C)C)CC2)c([2H])c(Br)c1[2H]. The molecular formula is C15H21BrN2O2. The molecular weight excluding hydrogens is 320 g/mol. The number of aromatic nitrogens is 1. The monoisotopic (exact) mass is 343 g/mol. The highest BCUT2D eigenvalue weighted by Crippen LogP contribution is 2.28. The molecule has 1 fully saturated rings. The van der Waals surface area contributed by atoms with Crippen molar-refractivity contribution in [1.29, 1.82) is 0 Å². The van der Waals surface area contributed by atoms with Gasteiger partial charge in [-0.2, -0.15) is 0 Å². The van der Waals surface area contributed by atoms with Crippen LogP contribution in [0.5, 0.6) is 0 Å². The molecule has 1 aliphatic heterocycles. The Balaban J connectivity index is 2.07. The van der Waals surface area contributed by atoms with E-state index in [-0.39, 0.29) is 30.3 Å². The normalized spacial score (nSPS) is 19.2. The number of carbonyl (C=O) groups is 1. The van der Waals surface area contributed by atoms with Crippen molar-refractivity contribution in [3.63, 3.8) is 0 Å². The van der Waals surface area contributed by atoms with Gasteiger partial charge in [0.25, 0.3) is 0 Å². The summed E-state index contributed by atoms with van der Waals surface area (Å²) >= 11 is 3.20. The summed E-state index contributed by atoms with van der Waals surface area (Å²) in [5.41, 5.74) is 0.0143. The minimum atomic E-state index is -0.515. The van der Waals surface area contributed by atoms with Crippen LogP contribution in [0.2, 0.25) is 0 Å².